The molecule has 1 amide bonds. The summed E-state index contributed by atoms with van der Waals surface area (Å²) in [4.78, 5) is 27.5. The fraction of sp³-hybridized carbons (Fsp3) is 0.280. The molecule has 4 aromatic heterocycles. The minimum atomic E-state index is -0.350. The summed E-state index contributed by atoms with van der Waals surface area (Å²) in [5, 5.41) is 18.8. The van der Waals surface area contributed by atoms with Crippen molar-refractivity contribution in [1.82, 2.24) is 39.8 Å². The number of nitrogens with zero attached hydrogens (tertiary/aromatic N) is 7. The molecule has 5 aromatic rings. The number of rotatable bonds is 5. The van der Waals surface area contributed by atoms with Gasteiger partial charge in [0.05, 0.1) is 35.9 Å². The lowest BCUT2D eigenvalue weighted by atomic mass is 9.90. The van der Waals surface area contributed by atoms with Crippen molar-refractivity contribution in [3.8, 4) is 17.2 Å². The SMILES string of the molecule is CO.O=C(NC1CCCC(n2c(-c3ccccc3F)nc3cnc(-n4nccn4)cc32)C1)c1ncc(Cl)s1. The molecule has 1 aliphatic carbocycles. The number of pyridine rings is 1. The van der Waals surface area contributed by atoms with Gasteiger partial charge in [0.15, 0.2) is 10.8 Å². The zero-order valence-electron chi connectivity index (χ0n) is 20.3. The highest BCUT2D eigenvalue weighted by Crippen LogP contribution is 2.37. The predicted octanol–water partition coefficient (Wildman–Crippen LogP) is 4.45. The van der Waals surface area contributed by atoms with E-state index in [0.717, 1.165) is 43.2 Å². The highest BCUT2D eigenvalue weighted by atomic mass is 35.5. The fourth-order valence-electron chi connectivity index (χ4n) is 4.77. The van der Waals surface area contributed by atoms with Crippen molar-refractivity contribution >= 4 is 39.9 Å². The Hall–Kier alpha value is -3.74. The third kappa shape index (κ3) is 5.15. The van der Waals surface area contributed by atoms with Crippen molar-refractivity contribution in [3.05, 3.63) is 70.3 Å². The van der Waals surface area contributed by atoms with Gasteiger partial charge in [-0.15, -0.1) is 4.80 Å². The molecule has 2 unspecified atom stereocenters. The highest BCUT2D eigenvalue weighted by molar-refractivity contribution is 7.17. The number of hydrogen-bond acceptors (Lipinski definition) is 8. The number of imidazole rings is 1. The standard InChI is InChI=1S/C24H20ClFN8OS.CH4O/c25-20-13-28-24(36-20)23(35)31-14-4-3-5-15(10-14)33-19-11-21(34-29-8-9-30-34)27-12-18(19)32-22(33)16-6-1-2-7-17(16)26;1-2/h1-2,6-9,11-15H,3-5,10H2,(H,31,35);2H,1H3. The number of benzene rings is 1. The van der Waals surface area contributed by atoms with Gasteiger partial charge >= 0.3 is 0 Å². The summed E-state index contributed by atoms with van der Waals surface area (Å²) in [5.74, 6) is 0.477. The Morgan fingerprint density at radius 1 is 1.16 bits per heavy atom. The number of nitrogens with one attached hydrogen (secondary N) is 1. The van der Waals surface area contributed by atoms with Crippen LogP contribution in [0.1, 0.15) is 41.5 Å². The van der Waals surface area contributed by atoms with Gasteiger partial charge in [-0.1, -0.05) is 35.1 Å². The van der Waals surface area contributed by atoms with Gasteiger partial charge in [-0.25, -0.2) is 19.3 Å². The first kappa shape index (κ1) is 25.9. The lowest BCUT2D eigenvalue weighted by molar-refractivity contribution is 0.0920. The van der Waals surface area contributed by atoms with Crippen LogP contribution in [0.3, 0.4) is 0 Å². The van der Waals surface area contributed by atoms with Crippen LogP contribution in [0.5, 0.6) is 0 Å². The summed E-state index contributed by atoms with van der Waals surface area (Å²) in [5.41, 5.74) is 1.86. The number of aliphatic hydroxyl groups is 1. The molecule has 4 heterocycles. The van der Waals surface area contributed by atoms with Crippen molar-refractivity contribution in [3.63, 3.8) is 0 Å². The molecule has 1 aromatic carbocycles. The van der Waals surface area contributed by atoms with E-state index in [2.05, 4.69) is 30.0 Å². The zero-order valence-corrected chi connectivity index (χ0v) is 21.9. The van der Waals surface area contributed by atoms with Crippen LogP contribution in [-0.4, -0.2) is 58.7 Å². The number of thiazole rings is 1. The summed E-state index contributed by atoms with van der Waals surface area (Å²) >= 11 is 7.10. The quantitative estimate of drug-likeness (QED) is 0.329. The molecule has 196 valence electrons. The summed E-state index contributed by atoms with van der Waals surface area (Å²) in [6, 6.07) is 8.38. The second kappa shape index (κ2) is 11.3. The molecule has 1 aliphatic rings. The Kier molecular flexibility index (Phi) is 7.72. The van der Waals surface area contributed by atoms with Crippen molar-refractivity contribution < 1.29 is 14.3 Å². The van der Waals surface area contributed by atoms with E-state index >= 15 is 0 Å². The zero-order chi connectivity index (χ0) is 26.6. The summed E-state index contributed by atoms with van der Waals surface area (Å²) in [6.07, 6.45) is 9.55. The van der Waals surface area contributed by atoms with E-state index < -0.39 is 0 Å². The Bertz CT molecular complexity index is 1550. The normalized spacial score (nSPS) is 17.2. The predicted molar refractivity (Wildman–Crippen MR) is 142 cm³/mol. The number of hydrogen-bond donors (Lipinski definition) is 2. The molecule has 1 saturated carbocycles. The van der Waals surface area contributed by atoms with Crippen molar-refractivity contribution in [1.29, 1.82) is 0 Å². The second-order valence-electron chi connectivity index (χ2n) is 8.60. The molecular formula is C25H24ClFN8O2S. The van der Waals surface area contributed by atoms with Crippen molar-refractivity contribution in [2.75, 3.05) is 7.11 Å². The largest absolute Gasteiger partial charge is 0.400 e. The topological polar surface area (TPSA) is 124 Å². The monoisotopic (exact) mass is 554 g/mol. The van der Waals surface area contributed by atoms with Gasteiger partial charge in [-0.05, 0) is 37.8 Å². The molecule has 10 nitrogen and oxygen atoms in total. The first-order valence-electron chi connectivity index (χ1n) is 11.9. The number of fused-ring (bicyclic) bond motifs is 1. The molecule has 0 aliphatic heterocycles. The summed E-state index contributed by atoms with van der Waals surface area (Å²) in [7, 11) is 1.00. The molecule has 0 radical (unpaired) electrons. The Labute approximate surface area is 226 Å². The molecular weight excluding hydrogens is 531 g/mol. The van der Waals surface area contributed by atoms with Gasteiger partial charge in [-0.2, -0.15) is 10.2 Å². The van der Waals surface area contributed by atoms with E-state index in [4.69, 9.17) is 21.7 Å². The molecule has 0 spiro atoms. The van der Waals surface area contributed by atoms with Gasteiger partial charge in [-0.3, -0.25) is 4.79 Å². The number of amides is 1. The number of aliphatic hydroxyl groups excluding tert-OH is 1. The van der Waals surface area contributed by atoms with E-state index in [1.807, 2.05) is 6.07 Å². The molecule has 13 heteroatoms. The van der Waals surface area contributed by atoms with Gasteiger partial charge in [0, 0.05) is 25.3 Å². The van der Waals surface area contributed by atoms with E-state index in [0.29, 0.717) is 38.5 Å². The lowest BCUT2D eigenvalue weighted by Crippen LogP contribution is -2.39. The number of halogens is 2. The summed E-state index contributed by atoms with van der Waals surface area (Å²) in [6.45, 7) is 0. The number of carbonyl (C=O) groups excluding carboxylic acids is 1. The average molecular weight is 555 g/mol. The average Bonchev–Trinajstić information content (AvgIpc) is 3.70. The minimum Gasteiger partial charge on any atom is -0.400 e. The van der Waals surface area contributed by atoms with Crippen LogP contribution >= 0.6 is 22.9 Å². The highest BCUT2D eigenvalue weighted by Gasteiger charge is 2.29. The van der Waals surface area contributed by atoms with Gasteiger partial charge in [0.2, 0.25) is 0 Å². The van der Waals surface area contributed by atoms with Crippen LogP contribution in [0.4, 0.5) is 4.39 Å². The minimum absolute atomic E-state index is 0.0237. The molecule has 2 atom stereocenters. The van der Waals surface area contributed by atoms with Gasteiger partial charge in [0.25, 0.3) is 5.91 Å². The van der Waals surface area contributed by atoms with Crippen LogP contribution < -0.4 is 5.32 Å². The molecule has 1 fully saturated rings. The summed E-state index contributed by atoms with van der Waals surface area (Å²) < 4.78 is 17.5. The van der Waals surface area contributed by atoms with E-state index in [-0.39, 0.29) is 23.8 Å². The molecule has 38 heavy (non-hydrogen) atoms. The maximum Gasteiger partial charge on any atom is 0.280 e. The second-order valence-corrected chi connectivity index (χ2v) is 10.3. The molecule has 2 N–H and O–H groups in total. The maximum absolute atomic E-state index is 14.9. The first-order valence-corrected chi connectivity index (χ1v) is 13.1. The Morgan fingerprint density at radius 2 is 1.95 bits per heavy atom. The smallest absolute Gasteiger partial charge is 0.280 e. The third-order valence-electron chi connectivity index (χ3n) is 6.32. The van der Waals surface area contributed by atoms with Crippen LogP contribution in [0, 0.1) is 5.82 Å². The molecule has 6 rings (SSSR count). The fourth-order valence-corrected chi connectivity index (χ4v) is 5.58. The van der Waals surface area contributed by atoms with Crippen molar-refractivity contribution in [2.45, 2.75) is 37.8 Å². The van der Waals surface area contributed by atoms with Gasteiger partial charge in [0.1, 0.15) is 21.5 Å². The molecule has 0 saturated heterocycles. The number of carbonyl (C=O) groups is 1. The van der Waals surface area contributed by atoms with E-state index in [9.17, 15) is 9.18 Å². The first-order chi connectivity index (χ1) is 18.6. The number of aromatic nitrogens is 7. The van der Waals surface area contributed by atoms with Crippen molar-refractivity contribution in [2.24, 2.45) is 0 Å². The van der Waals surface area contributed by atoms with Gasteiger partial charge < -0.3 is 15.0 Å². The third-order valence-corrected chi connectivity index (χ3v) is 7.43. The molecule has 0 bridgehead atoms. The maximum atomic E-state index is 14.9. The van der Waals surface area contributed by atoms with Crippen LogP contribution in [0.2, 0.25) is 4.34 Å². The van der Waals surface area contributed by atoms with Crippen LogP contribution in [-0.2, 0) is 0 Å². The van der Waals surface area contributed by atoms with E-state index in [1.54, 1.807) is 36.8 Å². The Balaban J connectivity index is 0.00000144. The lowest BCUT2D eigenvalue weighted by Gasteiger charge is -2.32. The Morgan fingerprint density at radius 3 is 2.68 bits per heavy atom. The van der Waals surface area contributed by atoms with Crippen LogP contribution in [0.25, 0.3) is 28.2 Å². The van der Waals surface area contributed by atoms with E-state index in [1.165, 1.54) is 17.1 Å². The van der Waals surface area contributed by atoms with Crippen LogP contribution in [0.15, 0.2) is 55.1 Å².